The van der Waals surface area contributed by atoms with Crippen molar-refractivity contribution in [1.29, 1.82) is 0 Å². The van der Waals surface area contributed by atoms with Gasteiger partial charge in [-0.2, -0.15) is 0 Å². The number of aromatic nitrogens is 4. The van der Waals surface area contributed by atoms with Crippen LogP contribution in [0.4, 0.5) is 4.39 Å². The second-order valence-electron chi connectivity index (χ2n) is 20.1. The maximum absolute atomic E-state index is 14.5. The Morgan fingerprint density at radius 1 is 0.835 bits per heavy atom. The molecule has 4 atom stereocenters. The minimum Gasteiger partial charge on any atom is -0.490 e. The van der Waals surface area contributed by atoms with Crippen LogP contribution in [0.1, 0.15) is 59.8 Å². The second-order valence-corrected chi connectivity index (χ2v) is 21.8. The first kappa shape index (κ1) is 58.3. The van der Waals surface area contributed by atoms with Crippen LogP contribution in [0.2, 0.25) is 10.0 Å². The Morgan fingerprint density at radius 2 is 1.53 bits per heavy atom. The van der Waals surface area contributed by atoms with Crippen molar-refractivity contribution in [2.45, 2.75) is 70.7 Å². The molecule has 3 aromatic carbocycles. The molecule has 6 heterocycles. The number of fused-ring (bicyclic) bond motifs is 7. The molecule has 0 spiro atoms. The van der Waals surface area contributed by atoms with Gasteiger partial charge in [-0.15, -0.1) is 11.3 Å². The fraction of sp³-hybridized carbons (Fsp3) is 0.500. The van der Waals surface area contributed by atoms with E-state index in [4.69, 9.17) is 75.8 Å². The van der Waals surface area contributed by atoms with Crippen LogP contribution in [0, 0.1) is 25.6 Å². The average molecular weight is 1150 g/mol. The summed E-state index contributed by atoms with van der Waals surface area (Å²) < 4.78 is 68.9. The summed E-state index contributed by atoms with van der Waals surface area (Å²) in [6.45, 7) is 12.5. The van der Waals surface area contributed by atoms with Crippen molar-refractivity contribution in [3.8, 4) is 44.7 Å². The van der Waals surface area contributed by atoms with E-state index in [1.165, 1.54) is 29.8 Å². The highest BCUT2D eigenvalue weighted by atomic mass is 35.5. The molecule has 21 heteroatoms. The van der Waals surface area contributed by atoms with E-state index < -0.39 is 24.0 Å². The van der Waals surface area contributed by atoms with Gasteiger partial charge in [0.25, 0.3) is 0 Å². The molecule has 1 N–H and O–H groups in total. The standard InChI is InChI=1S/C58H69Cl2FN6O11S/c1-36-48-37(2)52(60)53(51(36)59)77-44(31-67-19-17-66(3)18-20-67)34-75-43-13-14-46(40(29-43)30-47(58(68)69)78-56-50-49(48)54(79-57(50)64-35-63-56)38-9-11-41(61)12-10-38)76-33-42-15-16-62-55(65-42)45-8-6-5-7-39(45)32-74-28-27-73-26-25-72-24-23-71-22-21-70-4/h9-16,29,35,39,44-45,47H,5-8,17-28,30-34H2,1-4H3,(H,68,69)/t39-,44-,45+,47-/m1/s1. The van der Waals surface area contributed by atoms with E-state index in [0.717, 1.165) is 57.7 Å². The predicted molar refractivity (Wildman–Crippen MR) is 300 cm³/mol. The molecule has 0 unspecified atom stereocenters. The number of halogens is 3. The first-order valence-corrected chi connectivity index (χ1v) is 28.5. The van der Waals surface area contributed by atoms with Gasteiger partial charge in [0.1, 0.15) is 53.6 Å². The Balaban J connectivity index is 0.978. The van der Waals surface area contributed by atoms with Crippen LogP contribution >= 0.6 is 34.5 Å². The van der Waals surface area contributed by atoms with Crippen molar-refractivity contribution in [1.82, 2.24) is 29.7 Å². The van der Waals surface area contributed by atoms with Crippen molar-refractivity contribution in [2.75, 3.05) is 113 Å². The first-order valence-electron chi connectivity index (χ1n) is 26.9. The fourth-order valence-corrected chi connectivity index (χ4v) is 12.0. The molecule has 2 fully saturated rings. The van der Waals surface area contributed by atoms with Crippen molar-refractivity contribution < 1.29 is 56.9 Å². The normalized spacial score (nSPS) is 19.2. The number of rotatable bonds is 22. The molecule has 3 aliphatic heterocycles. The van der Waals surface area contributed by atoms with E-state index in [0.29, 0.717) is 147 Å². The maximum atomic E-state index is 14.5. The maximum Gasteiger partial charge on any atom is 0.345 e. The summed E-state index contributed by atoms with van der Waals surface area (Å²) in [5.74, 6) is 0.667. The molecule has 4 bridgehead atoms. The molecule has 1 aliphatic carbocycles. The lowest BCUT2D eigenvalue weighted by molar-refractivity contribution is -0.145. The van der Waals surface area contributed by atoms with E-state index in [1.54, 1.807) is 43.6 Å². The minimum atomic E-state index is -1.47. The summed E-state index contributed by atoms with van der Waals surface area (Å²) in [7, 11) is 3.75. The highest BCUT2D eigenvalue weighted by Gasteiger charge is 2.33. The number of carboxylic acid groups (broad SMARTS) is 1. The highest BCUT2D eigenvalue weighted by molar-refractivity contribution is 7.22. The lowest BCUT2D eigenvalue weighted by Gasteiger charge is -2.35. The summed E-state index contributed by atoms with van der Waals surface area (Å²) in [5.41, 5.74) is 4.44. The Bertz CT molecular complexity index is 2960. The summed E-state index contributed by atoms with van der Waals surface area (Å²) in [6, 6.07) is 13.3. The van der Waals surface area contributed by atoms with Gasteiger partial charge in [-0.25, -0.2) is 29.1 Å². The number of benzene rings is 3. The molecule has 6 aromatic rings. The monoisotopic (exact) mass is 1150 g/mol. The third kappa shape index (κ3) is 15.0. The molecule has 0 radical (unpaired) electrons. The molecule has 10 rings (SSSR count). The molecule has 0 amide bonds. The highest BCUT2D eigenvalue weighted by Crippen LogP contribution is 2.53. The Morgan fingerprint density at radius 3 is 2.24 bits per heavy atom. The number of aliphatic carboxylic acids is 1. The Hall–Kier alpha value is -5.32. The van der Waals surface area contributed by atoms with Gasteiger partial charge >= 0.3 is 5.97 Å². The fourth-order valence-electron chi connectivity index (χ4n) is 10.3. The van der Waals surface area contributed by atoms with Crippen LogP contribution in [0.25, 0.3) is 31.8 Å². The van der Waals surface area contributed by atoms with Crippen LogP contribution in [0.3, 0.4) is 0 Å². The Kier molecular flexibility index (Phi) is 21.0. The number of nitrogens with zero attached hydrogens (tertiary/aromatic N) is 6. The SMILES string of the molecule is COCCOCCOCCOCCOC[C@H]1CCCC[C@@H]1c1nccc(COc2ccc3cc2C[C@H](C(=O)O)Oc2ncnc4sc(-c5ccc(F)cc5)c(c24)-c2c(C)c(Cl)c(c(Cl)c2C)O[C@H](CN2CCN(C)CC2)CO3)n1. The number of carboxylic acids is 1. The smallest absolute Gasteiger partial charge is 0.345 e. The molecule has 79 heavy (non-hydrogen) atoms. The molecule has 1 saturated heterocycles. The van der Waals surface area contributed by atoms with Gasteiger partial charge in [-0.05, 0) is 98.3 Å². The summed E-state index contributed by atoms with van der Waals surface area (Å²) in [6.07, 6.45) is 5.05. The zero-order chi connectivity index (χ0) is 55.3. The number of hydrogen-bond acceptors (Lipinski definition) is 17. The predicted octanol–water partition coefficient (Wildman–Crippen LogP) is 9.91. The summed E-state index contributed by atoms with van der Waals surface area (Å²) >= 11 is 16.1. The van der Waals surface area contributed by atoms with Gasteiger partial charge in [-0.1, -0.05) is 48.2 Å². The van der Waals surface area contributed by atoms with Crippen molar-refractivity contribution in [3.63, 3.8) is 0 Å². The van der Waals surface area contributed by atoms with E-state index in [-0.39, 0.29) is 37.4 Å². The average Bonchev–Trinajstić information content (AvgIpc) is 4.11. The number of likely N-dealkylation sites (N-methyl/N-ethyl adjacent to an activating group) is 1. The van der Waals surface area contributed by atoms with Crippen LogP contribution in [0.5, 0.6) is 23.1 Å². The quantitative estimate of drug-likeness (QED) is 0.0634. The van der Waals surface area contributed by atoms with E-state index in [9.17, 15) is 14.3 Å². The lowest BCUT2D eigenvalue weighted by atomic mass is 9.79. The van der Waals surface area contributed by atoms with Gasteiger partial charge < -0.3 is 52.6 Å². The number of methoxy groups -OCH3 is 1. The molecule has 17 nitrogen and oxygen atoms in total. The molecule has 3 aromatic heterocycles. The zero-order valence-electron chi connectivity index (χ0n) is 45.2. The molecular formula is C58H69Cl2FN6O11S. The second kappa shape index (κ2) is 28.4. The number of piperazine rings is 1. The van der Waals surface area contributed by atoms with Crippen LogP contribution in [-0.4, -0.2) is 166 Å². The Labute approximate surface area is 474 Å². The summed E-state index contributed by atoms with van der Waals surface area (Å²) in [4.78, 5) is 38.4. The first-order chi connectivity index (χ1) is 38.4. The van der Waals surface area contributed by atoms with Crippen molar-refractivity contribution >= 4 is 50.7 Å². The zero-order valence-corrected chi connectivity index (χ0v) is 47.5. The van der Waals surface area contributed by atoms with E-state index >= 15 is 0 Å². The summed E-state index contributed by atoms with van der Waals surface area (Å²) in [5, 5.41) is 12.0. The van der Waals surface area contributed by atoms with Gasteiger partial charge in [0.2, 0.25) is 12.0 Å². The molecule has 1 saturated carbocycles. The van der Waals surface area contributed by atoms with Crippen LogP contribution in [0.15, 0.2) is 61.1 Å². The molecule has 4 aliphatic rings. The van der Waals surface area contributed by atoms with Crippen molar-refractivity contribution in [3.05, 3.63) is 105 Å². The van der Waals surface area contributed by atoms with Gasteiger partial charge in [0.05, 0.1) is 80.6 Å². The molecule has 424 valence electrons. The molecular weight excluding hydrogens is 1080 g/mol. The number of carbonyl (C=O) groups is 1. The topological polar surface area (TPSA) is 178 Å². The number of thiophene rings is 1. The van der Waals surface area contributed by atoms with Crippen molar-refractivity contribution in [2.24, 2.45) is 5.92 Å². The van der Waals surface area contributed by atoms with Crippen LogP contribution < -0.4 is 18.9 Å². The largest absolute Gasteiger partial charge is 0.490 e. The van der Waals surface area contributed by atoms with E-state index in [1.807, 2.05) is 19.9 Å². The van der Waals surface area contributed by atoms with Gasteiger partial charge in [0, 0.05) is 74.4 Å². The lowest BCUT2D eigenvalue weighted by Crippen LogP contribution is -2.49. The third-order valence-corrected chi connectivity index (χ3v) is 16.6. The minimum absolute atomic E-state index is 0.0283. The number of hydrogen-bond donors (Lipinski definition) is 1. The number of ether oxygens (including phenoxy) is 9. The third-order valence-electron chi connectivity index (χ3n) is 14.6. The van der Waals surface area contributed by atoms with Gasteiger partial charge in [-0.3, -0.25) is 4.90 Å². The van der Waals surface area contributed by atoms with Gasteiger partial charge in [0.15, 0.2) is 5.75 Å². The van der Waals surface area contributed by atoms with E-state index in [2.05, 4.69) is 26.8 Å². The van der Waals surface area contributed by atoms with Crippen LogP contribution in [-0.2, 0) is 41.5 Å².